The molecule has 0 aromatic heterocycles. The number of hydrogen-bond donors (Lipinski definition) is 2. The van der Waals surface area contributed by atoms with E-state index in [1.165, 1.54) is 0 Å². The molecule has 0 aliphatic carbocycles. The second-order valence-electron chi connectivity index (χ2n) is 6.00. The fourth-order valence-corrected chi connectivity index (χ4v) is 2.00. The second kappa shape index (κ2) is 18.5. The number of rotatable bonds is 19. The maximum atomic E-state index is 9.22. The molecular formula is C18H38O7. The minimum absolute atomic E-state index is 0.125. The smallest absolute Gasteiger partial charge is 0.104 e. The van der Waals surface area contributed by atoms with E-state index < -0.39 is 6.10 Å². The fourth-order valence-electron chi connectivity index (χ4n) is 2.00. The monoisotopic (exact) mass is 366 g/mol. The lowest BCUT2D eigenvalue weighted by molar-refractivity contribution is -0.0975. The summed E-state index contributed by atoms with van der Waals surface area (Å²) in [4.78, 5) is 0. The van der Waals surface area contributed by atoms with Gasteiger partial charge in [0.15, 0.2) is 0 Å². The van der Waals surface area contributed by atoms with Crippen LogP contribution in [0.2, 0.25) is 0 Å². The molecule has 2 N–H and O–H groups in total. The van der Waals surface area contributed by atoms with Crippen molar-refractivity contribution in [2.45, 2.75) is 58.3 Å². The van der Waals surface area contributed by atoms with Gasteiger partial charge in [-0.05, 0) is 26.7 Å². The minimum atomic E-state index is -0.490. The Morgan fingerprint density at radius 1 is 0.760 bits per heavy atom. The lowest BCUT2D eigenvalue weighted by atomic mass is 10.3. The van der Waals surface area contributed by atoms with E-state index in [-0.39, 0.29) is 25.4 Å². The highest BCUT2D eigenvalue weighted by Gasteiger charge is 2.14. The molecule has 0 amide bonds. The summed E-state index contributed by atoms with van der Waals surface area (Å²) in [6.45, 7) is 9.55. The molecule has 0 aliphatic heterocycles. The summed E-state index contributed by atoms with van der Waals surface area (Å²) in [5, 5.41) is 18.0. The van der Waals surface area contributed by atoms with E-state index in [1.807, 2.05) is 6.92 Å². The van der Waals surface area contributed by atoms with E-state index in [2.05, 4.69) is 6.92 Å². The van der Waals surface area contributed by atoms with Gasteiger partial charge in [-0.15, -0.1) is 0 Å². The lowest BCUT2D eigenvalue weighted by Crippen LogP contribution is -2.31. The Morgan fingerprint density at radius 3 is 1.92 bits per heavy atom. The van der Waals surface area contributed by atoms with Crippen molar-refractivity contribution in [3.63, 3.8) is 0 Å². The molecule has 0 aromatic rings. The first-order chi connectivity index (χ1) is 12.1. The van der Waals surface area contributed by atoms with Crippen molar-refractivity contribution in [2.75, 3.05) is 59.5 Å². The van der Waals surface area contributed by atoms with E-state index in [9.17, 15) is 5.11 Å². The van der Waals surface area contributed by atoms with Crippen LogP contribution >= 0.6 is 0 Å². The van der Waals surface area contributed by atoms with Gasteiger partial charge in [0, 0.05) is 26.4 Å². The van der Waals surface area contributed by atoms with Crippen molar-refractivity contribution in [1.82, 2.24) is 0 Å². The third-order valence-electron chi connectivity index (χ3n) is 3.27. The van der Waals surface area contributed by atoms with E-state index in [0.29, 0.717) is 52.7 Å². The number of aliphatic hydroxyl groups is 2. The van der Waals surface area contributed by atoms with Crippen molar-refractivity contribution in [1.29, 1.82) is 0 Å². The van der Waals surface area contributed by atoms with Gasteiger partial charge in [-0.25, -0.2) is 0 Å². The van der Waals surface area contributed by atoms with Crippen LogP contribution in [-0.4, -0.2) is 88.0 Å². The SMILES string of the molecule is CCCCOC(COCCCO)COCC(COCC(C)O)OCC. The van der Waals surface area contributed by atoms with Crippen molar-refractivity contribution in [2.24, 2.45) is 0 Å². The van der Waals surface area contributed by atoms with Gasteiger partial charge in [0.2, 0.25) is 0 Å². The number of aliphatic hydroxyl groups excluding tert-OH is 2. The Hall–Kier alpha value is -0.280. The van der Waals surface area contributed by atoms with Crippen LogP contribution in [0.3, 0.4) is 0 Å². The van der Waals surface area contributed by atoms with Crippen LogP contribution in [0, 0.1) is 0 Å². The quantitative estimate of drug-likeness (QED) is 0.334. The molecule has 7 nitrogen and oxygen atoms in total. The number of ether oxygens (including phenoxy) is 5. The summed E-state index contributed by atoms with van der Waals surface area (Å²) < 4.78 is 28.0. The van der Waals surface area contributed by atoms with Crippen LogP contribution in [0.5, 0.6) is 0 Å². The lowest BCUT2D eigenvalue weighted by Gasteiger charge is -2.21. The first-order valence-electron chi connectivity index (χ1n) is 9.39. The number of unbranched alkanes of at least 4 members (excludes halogenated alkanes) is 1. The van der Waals surface area contributed by atoms with E-state index in [4.69, 9.17) is 28.8 Å². The van der Waals surface area contributed by atoms with Crippen LogP contribution in [0.4, 0.5) is 0 Å². The molecule has 0 rings (SSSR count). The van der Waals surface area contributed by atoms with Crippen LogP contribution in [0.15, 0.2) is 0 Å². The molecule has 0 saturated heterocycles. The predicted molar refractivity (Wildman–Crippen MR) is 95.9 cm³/mol. The van der Waals surface area contributed by atoms with Crippen molar-refractivity contribution in [3.05, 3.63) is 0 Å². The first-order valence-corrected chi connectivity index (χ1v) is 9.39. The summed E-state index contributed by atoms with van der Waals surface area (Å²) in [6.07, 6.45) is 1.90. The average Bonchev–Trinajstić information content (AvgIpc) is 2.58. The summed E-state index contributed by atoms with van der Waals surface area (Å²) >= 11 is 0. The highest BCUT2D eigenvalue weighted by Crippen LogP contribution is 2.02. The van der Waals surface area contributed by atoms with Crippen LogP contribution in [0.25, 0.3) is 0 Å². The third kappa shape index (κ3) is 16.9. The summed E-state index contributed by atoms with van der Waals surface area (Å²) in [5.74, 6) is 0. The largest absolute Gasteiger partial charge is 0.396 e. The summed E-state index contributed by atoms with van der Waals surface area (Å²) in [5.41, 5.74) is 0. The Balaban J connectivity index is 4.08. The molecular weight excluding hydrogens is 328 g/mol. The van der Waals surface area contributed by atoms with Crippen molar-refractivity contribution < 1.29 is 33.9 Å². The Labute approximate surface area is 152 Å². The van der Waals surface area contributed by atoms with Crippen LogP contribution in [0.1, 0.15) is 40.0 Å². The van der Waals surface area contributed by atoms with Crippen molar-refractivity contribution >= 4 is 0 Å². The molecule has 3 atom stereocenters. The molecule has 0 aromatic carbocycles. The second-order valence-corrected chi connectivity index (χ2v) is 6.00. The average molecular weight is 366 g/mol. The zero-order valence-corrected chi connectivity index (χ0v) is 16.2. The van der Waals surface area contributed by atoms with Gasteiger partial charge in [-0.3, -0.25) is 0 Å². The maximum Gasteiger partial charge on any atom is 0.104 e. The molecule has 3 unspecified atom stereocenters. The minimum Gasteiger partial charge on any atom is -0.396 e. The van der Waals surface area contributed by atoms with Gasteiger partial charge in [-0.2, -0.15) is 0 Å². The molecule has 152 valence electrons. The zero-order chi connectivity index (χ0) is 18.8. The van der Waals surface area contributed by atoms with Gasteiger partial charge in [-0.1, -0.05) is 13.3 Å². The first kappa shape index (κ1) is 24.7. The van der Waals surface area contributed by atoms with Gasteiger partial charge in [0.1, 0.15) is 12.2 Å². The standard InChI is InChI=1S/C18H38O7/c1-4-6-10-25-18(12-21-9-7-8-19)15-23-14-17(24-5-2)13-22-11-16(3)20/h16-20H,4-15H2,1-3H3. The molecule has 0 bridgehead atoms. The van der Waals surface area contributed by atoms with E-state index >= 15 is 0 Å². The molecule has 0 heterocycles. The summed E-state index contributed by atoms with van der Waals surface area (Å²) in [7, 11) is 0. The fraction of sp³-hybridized carbons (Fsp3) is 1.00. The highest BCUT2D eigenvalue weighted by molar-refractivity contribution is 4.60. The van der Waals surface area contributed by atoms with Gasteiger partial charge in [0.05, 0.1) is 39.1 Å². The molecule has 0 radical (unpaired) electrons. The van der Waals surface area contributed by atoms with Gasteiger partial charge >= 0.3 is 0 Å². The van der Waals surface area contributed by atoms with Crippen LogP contribution in [-0.2, 0) is 23.7 Å². The van der Waals surface area contributed by atoms with Gasteiger partial charge < -0.3 is 33.9 Å². The molecule has 0 fully saturated rings. The predicted octanol–water partition coefficient (Wildman–Crippen LogP) is 1.39. The van der Waals surface area contributed by atoms with Gasteiger partial charge in [0.25, 0.3) is 0 Å². The van der Waals surface area contributed by atoms with Crippen molar-refractivity contribution in [3.8, 4) is 0 Å². The molecule has 0 spiro atoms. The Morgan fingerprint density at radius 2 is 1.36 bits per heavy atom. The Kier molecular flexibility index (Phi) is 18.3. The zero-order valence-electron chi connectivity index (χ0n) is 16.2. The van der Waals surface area contributed by atoms with E-state index in [0.717, 1.165) is 12.8 Å². The van der Waals surface area contributed by atoms with Crippen LogP contribution < -0.4 is 0 Å². The summed E-state index contributed by atoms with van der Waals surface area (Å²) in [6, 6.07) is 0. The topological polar surface area (TPSA) is 86.6 Å². The number of hydrogen-bond acceptors (Lipinski definition) is 7. The molecule has 0 saturated carbocycles. The molecule has 7 heteroatoms. The normalized spacial score (nSPS) is 15.2. The Bertz CT molecular complexity index is 264. The molecule has 25 heavy (non-hydrogen) atoms. The molecule has 0 aliphatic rings. The van der Waals surface area contributed by atoms with E-state index in [1.54, 1.807) is 6.92 Å². The maximum absolute atomic E-state index is 9.22. The third-order valence-corrected chi connectivity index (χ3v) is 3.27. The highest BCUT2D eigenvalue weighted by atomic mass is 16.6.